The highest BCUT2D eigenvalue weighted by atomic mass is 32.2. The molecule has 5 nitrogen and oxygen atoms in total. The third-order valence-electron chi connectivity index (χ3n) is 3.53. The van der Waals surface area contributed by atoms with Crippen molar-refractivity contribution in [3.63, 3.8) is 0 Å². The van der Waals surface area contributed by atoms with Gasteiger partial charge in [0.1, 0.15) is 5.03 Å². The summed E-state index contributed by atoms with van der Waals surface area (Å²) in [5.74, 6) is -3.35. The monoisotopic (exact) mass is 363 g/mol. The number of carbonyl (C=O) groups is 2. The van der Waals surface area contributed by atoms with Gasteiger partial charge in [0.15, 0.2) is 0 Å². The van der Waals surface area contributed by atoms with Crippen molar-refractivity contribution >= 4 is 29.3 Å². The van der Waals surface area contributed by atoms with Crippen LogP contribution in [0.25, 0.3) is 0 Å². The van der Waals surface area contributed by atoms with E-state index in [9.17, 15) is 18.4 Å². The molecule has 1 fully saturated rings. The SMILES string of the molecule is O=C(NC1CC1)c1ccc(NC(=O)c2cccnc2SC(F)F)cc1. The van der Waals surface area contributed by atoms with E-state index in [0.29, 0.717) is 11.3 Å². The molecular weight excluding hydrogens is 348 g/mol. The van der Waals surface area contributed by atoms with Gasteiger partial charge in [-0.3, -0.25) is 9.59 Å². The molecule has 3 rings (SSSR count). The number of benzene rings is 1. The smallest absolute Gasteiger partial charge is 0.290 e. The first-order chi connectivity index (χ1) is 12.0. The Hall–Kier alpha value is -2.48. The Morgan fingerprint density at radius 1 is 1.12 bits per heavy atom. The van der Waals surface area contributed by atoms with Gasteiger partial charge in [0.05, 0.1) is 5.56 Å². The average molecular weight is 363 g/mol. The molecule has 1 heterocycles. The van der Waals surface area contributed by atoms with Crippen LogP contribution in [0.15, 0.2) is 47.6 Å². The molecular formula is C17H15F2N3O2S. The van der Waals surface area contributed by atoms with Crippen molar-refractivity contribution in [3.05, 3.63) is 53.7 Å². The normalized spacial score (nSPS) is 13.6. The lowest BCUT2D eigenvalue weighted by Gasteiger charge is -2.09. The van der Waals surface area contributed by atoms with E-state index in [1.807, 2.05) is 0 Å². The molecule has 0 bridgehead atoms. The first kappa shape index (κ1) is 17.3. The van der Waals surface area contributed by atoms with Crippen LogP contribution in [0.5, 0.6) is 0 Å². The molecule has 1 aromatic heterocycles. The Balaban J connectivity index is 1.67. The van der Waals surface area contributed by atoms with Gasteiger partial charge in [-0.2, -0.15) is 8.78 Å². The van der Waals surface area contributed by atoms with Gasteiger partial charge in [-0.25, -0.2) is 4.98 Å². The van der Waals surface area contributed by atoms with Crippen molar-refractivity contribution in [2.45, 2.75) is 29.7 Å². The predicted molar refractivity (Wildman–Crippen MR) is 91.0 cm³/mol. The minimum absolute atomic E-state index is 0.0320. The van der Waals surface area contributed by atoms with Crippen LogP contribution in [0.4, 0.5) is 14.5 Å². The molecule has 0 atom stereocenters. The number of hydrogen-bond donors (Lipinski definition) is 2. The van der Waals surface area contributed by atoms with E-state index in [-0.39, 0.29) is 34.3 Å². The number of carbonyl (C=O) groups excluding carboxylic acids is 2. The van der Waals surface area contributed by atoms with Gasteiger partial charge in [-0.05, 0) is 61.0 Å². The summed E-state index contributed by atoms with van der Waals surface area (Å²) in [5.41, 5.74) is 1.04. The van der Waals surface area contributed by atoms with Crippen LogP contribution in [0.1, 0.15) is 33.6 Å². The standard InChI is InChI=1S/C17H15F2N3O2S/c18-17(19)25-16-13(2-1-9-20-16)15(24)22-11-5-3-10(4-6-11)14(23)21-12-7-8-12/h1-6,9,12,17H,7-8H2,(H,21,23)(H,22,24). The van der Waals surface area contributed by atoms with Crippen LogP contribution in [-0.2, 0) is 0 Å². The highest BCUT2D eigenvalue weighted by molar-refractivity contribution is 7.99. The van der Waals surface area contributed by atoms with Crippen LogP contribution in [0.3, 0.4) is 0 Å². The lowest BCUT2D eigenvalue weighted by Crippen LogP contribution is -2.25. The van der Waals surface area contributed by atoms with Crippen LogP contribution in [0, 0.1) is 0 Å². The number of anilines is 1. The Morgan fingerprint density at radius 2 is 1.84 bits per heavy atom. The second kappa shape index (κ2) is 7.60. The van der Waals surface area contributed by atoms with E-state index in [1.54, 1.807) is 24.3 Å². The molecule has 1 aliphatic rings. The molecule has 1 aromatic carbocycles. The third-order valence-corrected chi connectivity index (χ3v) is 4.26. The second-order valence-corrected chi connectivity index (χ2v) is 6.49. The number of pyridine rings is 1. The molecule has 0 aliphatic heterocycles. The zero-order valence-corrected chi connectivity index (χ0v) is 13.9. The van der Waals surface area contributed by atoms with Gasteiger partial charge >= 0.3 is 0 Å². The minimum atomic E-state index is -2.66. The zero-order valence-electron chi connectivity index (χ0n) is 13.0. The highest BCUT2D eigenvalue weighted by Crippen LogP contribution is 2.27. The molecule has 2 aromatic rings. The molecule has 0 unspecified atom stereocenters. The zero-order chi connectivity index (χ0) is 17.8. The molecule has 130 valence electrons. The molecule has 0 saturated heterocycles. The molecule has 2 amide bonds. The fourth-order valence-corrected chi connectivity index (χ4v) is 2.72. The number of halogens is 2. The second-order valence-electron chi connectivity index (χ2n) is 5.51. The summed E-state index contributed by atoms with van der Waals surface area (Å²) in [6.45, 7) is 0. The highest BCUT2D eigenvalue weighted by Gasteiger charge is 2.23. The lowest BCUT2D eigenvalue weighted by atomic mass is 10.2. The first-order valence-electron chi connectivity index (χ1n) is 7.65. The largest absolute Gasteiger partial charge is 0.349 e. The molecule has 8 heteroatoms. The molecule has 1 aliphatic carbocycles. The summed E-state index contributed by atoms with van der Waals surface area (Å²) in [7, 11) is 0. The fourth-order valence-electron chi connectivity index (χ4n) is 2.14. The number of nitrogens with zero attached hydrogens (tertiary/aromatic N) is 1. The number of hydrogen-bond acceptors (Lipinski definition) is 4. The fraction of sp³-hybridized carbons (Fsp3) is 0.235. The minimum Gasteiger partial charge on any atom is -0.349 e. The summed E-state index contributed by atoms with van der Waals surface area (Å²) < 4.78 is 25.1. The first-order valence-corrected chi connectivity index (χ1v) is 8.53. The van der Waals surface area contributed by atoms with E-state index in [1.165, 1.54) is 18.3 Å². The van der Waals surface area contributed by atoms with Gasteiger partial charge in [0.25, 0.3) is 17.6 Å². The van der Waals surface area contributed by atoms with E-state index in [4.69, 9.17) is 0 Å². The van der Waals surface area contributed by atoms with Crippen LogP contribution in [0.2, 0.25) is 0 Å². The maximum absolute atomic E-state index is 12.6. The molecule has 0 radical (unpaired) electrons. The number of aromatic nitrogens is 1. The summed E-state index contributed by atoms with van der Waals surface area (Å²) in [5, 5.41) is 5.46. The maximum atomic E-state index is 12.6. The summed E-state index contributed by atoms with van der Waals surface area (Å²) in [4.78, 5) is 28.0. The van der Waals surface area contributed by atoms with E-state index in [0.717, 1.165) is 12.8 Å². The number of thioether (sulfide) groups is 1. The van der Waals surface area contributed by atoms with E-state index in [2.05, 4.69) is 15.6 Å². The van der Waals surface area contributed by atoms with E-state index < -0.39 is 11.7 Å². The summed E-state index contributed by atoms with van der Waals surface area (Å²) in [6, 6.07) is 9.60. The van der Waals surface area contributed by atoms with Gasteiger partial charge < -0.3 is 10.6 Å². The lowest BCUT2D eigenvalue weighted by molar-refractivity contribution is 0.0950. The van der Waals surface area contributed by atoms with Gasteiger partial charge in [-0.1, -0.05) is 0 Å². The van der Waals surface area contributed by atoms with Crippen molar-refractivity contribution in [2.75, 3.05) is 5.32 Å². The molecule has 2 N–H and O–H groups in total. The van der Waals surface area contributed by atoms with Gasteiger partial charge in [0.2, 0.25) is 0 Å². The summed E-state index contributed by atoms with van der Waals surface area (Å²) >= 11 is 0.224. The van der Waals surface area contributed by atoms with Crippen LogP contribution >= 0.6 is 11.8 Å². The topological polar surface area (TPSA) is 71.1 Å². The summed E-state index contributed by atoms with van der Waals surface area (Å²) in [6.07, 6.45) is 3.36. The Labute approximate surface area is 147 Å². The van der Waals surface area contributed by atoms with Crippen molar-refractivity contribution in [2.24, 2.45) is 0 Å². The van der Waals surface area contributed by atoms with Crippen LogP contribution in [-0.4, -0.2) is 28.6 Å². The van der Waals surface area contributed by atoms with Crippen molar-refractivity contribution in [1.82, 2.24) is 10.3 Å². The Morgan fingerprint density at radius 3 is 2.48 bits per heavy atom. The van der Waals surface area contributed by atoms with E-state index >= 15 is 0 Å². The predicted octanol–water partition coefficient (Wildman–Crippen LogP) is 3.54. The number of alkyl halides is 2. The van der Waals surface area contributed by atoms with Crippen molar-refractivity contribution in [1.29, 1.82) is 0 Å². The number of nitrogens with one attached hydrogen (secondary N) is 2. The Kier molecular flexibility index (Phi) is 5.28. The Bertz CT molecular complexity index is 780. The number of amides is 2. The van der Waals surface area contributed by atoms with Gasteiger partial charge in [0, 0.05) is 23.5 Å². The third kappa shape index (κ3) is 4.76. The average Bonchev–Trinajstić information content (AvgIpc) is 3.39. The van der Waals surface area contributed by atoms with Crippen LogP contribution < -0.4 is 10.6 Å². The number of rotatable bonds is 6. The molecule has 1 saturated carbocycles. The maximum Gasteiger partial charge on any atom is 0.290 e. The molecule has 0 spiro atoms. The molecule has 25 heavy (non-hydrogen) atoms. The van der Waals surface area contributed by atoms with Crippen molar-refractivity contribution < 1.29 is 18.4 Å². The quantitative estimate of drug-likeness (QED) is 0.770. The van der Waals surface area contributed by atoms with Crippen molar-refractivity contribution in [3.8, 4) is 0 Å². The van der Waals surface area contributed by atoms with Gasteiger partial charge in [-0.15, -0.1) is 0 Å².